The third-order valence-corrected chi connectivity index (χ3v) is 4.52. The molecule has 0 saturated carbocycles. The normalized spacial score (nSPS) is 10.9. The Morgan fingerprint density at radius 1 is 1.10 bits per heavy atom. The number of hydrogen-bond acceptors (Lipinski definition) is 5. The number of furan rings is 1. The van der Waals surface area contributed by atoms with Crippen LogP contribution in [0.25, 0.3) is 17.0 Å². The summed E-state index contributed by atoms with van der Waals surface area (Å²) in [5.74, 6) is 0.649. The monoisotopic (exact) mass is 437 g/mol. The van der Waals surface area contributed by atoms with E-state index in [4.69, 9.17) is 21.4 Å². The van der Waals surface area contributed by atoms with Gasteiger partial charge in [0.15, 0.2) is 11.7 Å². The summed E-state index contributed by atoms with van der Waals surface area (Å²) in [5, 5.41) is 3.32. The largest absolute Gasteiger partial charge is 0.484 e. The molecule has 1 heterocycles. The number of hydrazine groups is 1. The van der Waals surface area contributed by atoms with E-state index in [1.165, 1.54) is 17.7 Å². The fourth-order valence-corrected chi connectivity index (χ4v) is 2.84. The molecule has 0 fully saturated rings. The van der Waals surface area contributed by atoms with Crippen LogP contribution in [-0.2, 0) is 9.59 Å². The fourth-order valence-electron chi connectivity index (χ4n) is 2.69. The predicted octanol–water partition coefficient (Wildman–Crippen LogP) is 3.67. The van der Waals surface area contributed by atoms with E-state index >= 15 is 0 Å². The molecule has 0 spiro atoms. The number of rotatable bonds is 6. The molecule has 0 radical (unpaired) electrons. The average Bonchev–Trinajstić information content (AvgIpc) is 3.18. The van der Waals surface area contributed by atoms with Crippen molar-refractivity contribution < 1.29 is 18.7 Å². The van der Waals surface area contributed by atoms with Gasteiger partial charge in [-0.3, -0.25) is 25.8 Å². The predicted molar refractivity (Wildman–Crippen MR) is 123 cm³/mol. The van der Waals surface area contributed by atoms with Gasteiger partial charge in [-0.25, -0.2) is 0 Å². The van der Waals surface area contributed by atoms with Crippen LogP contribution in [-0.4, -0.2) is 23.5 Å². The van der Waals surface area contributed by atoms with Gasteiger partial charge in [0.1, 0.15) is 17.1 Å². The van der Waals surface area contributed by atoms with E-state index < -0.39 is 11.8 Å². The molecule has 0 bridgehead atoms. The highest BCUT2D eigenvalue weighted by Gasteiger charge is 2.06. The van der Waals surface area contributed by atoms with Gasteiger partial charge < -0.3 is 9.15 Å². The summed E-state index contributed by atoms with van der Waals surface area (Å²) in [6.07, 6.45) is 2.83. The molecule has 0 aliphatic heterocycles. The lowest BCUT2D eigenvalue weighted by atomic mass is 10.0. The lowest BCUT2D eigenvalue weighted by Crippen LogP contribution is -2.49. The van der Waals surface area contributed by atoms with Crippen molar-refractivity contribution in [2.75, 3.05) is 6.61 Å². The molecule has 0 aliphatic carbocycles. The molecule has 0 saturated heterocycles. The Bertz CT molecular complexity index is 1070. The molecule has 0 atom stereocenters. The Balaban J connectivity index is 1.38. The molecule has 2 aromatic carbocycles. The summed E-state index contributed by atoms with van der Waals surface area (Å²) in [7, 11) is 0. The SMILES string of the molecule is CC(C)c1ccc(OCC(=O)NNC(=S)NC(=O)/C=C/c2cc3ccccc3o2)cc1. The first kappa shape index (κ1) is 22.0. The highest BCUT2D eigenvalue weighted by atomic mass is 32.1. The second kappa shape index (κ2) is 10.4. The van der Waals surface area contributed by atoms with Crippen LogP contribution in [0.1, 0.15) is 31.1 Å². The van der Waals surface area contributed by atoms with E-state index in [2.05, 4.69) is 30.0 Å². The van der Waals surface area contributed by atoms with Gasteiger partial charge in [-0.2, -0.15) is 0 Å². The van der Waals surface area contributed by atoms with E-state index in [1.54, 1.807) is 0 Å². The lowest BCUT2D eigenvalue weighted by molar-refractivity contribution is -0.123. The van der Waals surface area contributed by atoms with Crippen molar-refractivity contribution in [1.29, 1.82) is 0 Å². The number of nitrogens with one attached hydrogen (secondary N) is 3. The Labute approximate surface area is 185 Å². The second-order valence-electron chi connectivity index (χ2n) is 7.02. The van der Waals surface area contributed by atoms with Gasteiger partial charge in [0.2, 0.25) is 5.91 Å². The summed E-state index contributed by atoms with van der Waals surface area (Å²) in [4.78, 5) is 23.8. The van der Waals surface area contributed by atoms with Crippen molar-refractivity contribution in [3.8, 4) is 5.75 Å². The molecule has 8 heteroatoms. The van der Waals surface area contributed by atoms with E-state index in [0.29, 0.717) is 17.4 Å². The molecule has 2 amide bonds. The highest BCUT2D eigenvalue weighted by molar-refractivity contribution is 7.80. The first-order valence-electron chi connectivity index (χ1n) is 9.70. The van der Waals surface area contributed by atoms with Crippen molar-refractivity contribution in [3.05, 3.63) is 72.0 Å². The smallest absolute Gasteiger partial charge is 0.276 e. The van der Waals surface area contributed by atoms with Crippen LogP contribution >= 0.6 is 12.2 Å². The van der Waals surface area contributed by atoms with Crippen LogP contribution in [0.4, 0.5) is 0 Å². The van der Waals surface area contributed by atoms with Crippen molar-refractivity contribution in [3.63, 3.8) is 0 Å². The van der Waals surface area contributed by atoms with Crippen molar-refractivity contribution in [2.45, 2.75) is 19.8 Å². The molecule has 0 aliphatic rings. The Morgan fingerprint density at radius 3 is 2.55 bits per heavy atom. The Hall–Kier alpha value is -3.65. The standard InChI is InChI=1S/C23H23N3O4S/c1-15(2)16-7-9-18(10-8-16)29-14-22(28)25-26-23(31)24-21(27)12-11-19-13-17-5-3-4-6-20(17)30-19/h3-13,15H,14H2,1-2H3,(H,25,28)(H2,24,26,27,31)/b12-11+. The fraction of sp³-hybridized carbons (Fsp3) is 0.174. The summed E-state index contributed by atoms with van der Waals surface area (Å²) in [5.41, 5.74) is 6.75. The van der Waals surface area contributed by atoms with Crippen molar-refractivity contribution >= 4 is 46.2 Å². The first-order chi connectivity index (χ1) is 14.9. The lowest BCUT2D eigenvalue weighted by Gasteiger charge is -2.11. The molecule has 3 rings (SSSR count). The number of amides is 2. The maximum absolute atomic E-state index is 12.0. The quantitative estimate of drug-likeness (QED) is 0.310. The zero-order valence-electron chi connectivity index (χ0n) is 17.2. The number of hydrogen-bond donors (Lipinski definition) is 3. The molecular weight excluding hydrogens is 414 g/mol. The summed E-state index contributed by atoms with van der Waals surface area (Å²) in [6, 6.07) is 16.9. The van der Waals surface area contributed by atoms with E-state index in [0.717, 1.165) is 11.0 Å². The van der Waals surface area contributed by atoms with Crippen molar-refractivity contribution in [2.24, 2.45) is 0 Å². The Kier molecular flexibility index (Phi) is 7.40. The van der Waals surface area contributed by atoms with Gasteiger partial charge in [-0.15, -0.1) is 0 Å². The topological polar surface area (TPSA) is 92.6 Å². The third kappa shape index (κ3) is 6.68. The van der Waals surface area contributed by atoms with Crippen LogP contribution in [0, 0.1) is 0 Å². The van der Waals surface area contributed by atoms with Crippen LogP contribution in [0.5, 0.6) is 5.75 Å². The molecule has 3 aromatic rings. The number of carbonyl (C=O) groups is 2. The van der Waals surface area contributed by atoms with Gasteiger partial charge in [-0.1, -0.05) is 44.2 Å². The molecular formula is C23H23N3O4S. The molecule has 0 unspecified atom stereocenters. The maximum atomic E-state index is 12.0. The minimum absolute atomic E-state index is 0.0473. The second-order valence-corrected chi connectivity index (χ2v) is 7.43. The van der Waals surface area contributed by atoms with Crippen LogP contribution in [0.15, 0.2) is 65.1 Å². The summed E-state index contributed by atoms with van der Waals surface area (Å²) >= 11 is 4.99. The van der Waals surface area contributed by atoms with Gasteiger partial charge in [0, 0.05) is 11.5 Å². The summed E-state index contributed by atoms with van der Waals surface area (Å²) in [6.45, 7) is 4.01. The van der Waals surface area contributed by atoms with Gasteiger partial charge in [-0.05, 0) is 54.0 Å². The minimum atomic E-state index is -0.464. The van der Waals surface area contributed by atoms with E-state index in [9.17, 15) is 9.59 Å². The number of thiocarbonyl (C=S) groups is 1. The number of ether oxygens (including phenoxy) is 1. The van der Waals surface area contributed by atoms with E-state index in [-0.39, 0.29) is 11.7 Å². The van der Waals surface area contributed by atoms with Gasteiger partial charge in [0.05, 0.1) is 0 Å². The summed E-state index contributed by atoms with van der Waals surface area (Å²) < 4.78 is 11.0. The number of fused-ring (bicyclic) bond motifs is 1. The van der Waals surface area contributed by atoms with Crippen LogP contribution < -0.4 is 20.9 Å². The molecule has 31 heavy (non-hydrogen) atoms. The van der Waals surface area contributed by atoms with Gasteiger partial charge >= 0.3 is 0 Å². The molecule has 7 nitrogen and oxygen atoms in total. The zero-order chi connectivity index (χ0) is 22.2. The third-order valence-electron chi connectivity index (χ3n) is 4.31. The van der Waals surface area contributed by atoms with Crippen LogP contribution in [0.3, 0.4) is 0 Å². The first-order valence-corrected chi connectivity index (χ1v) is 10.1. The number of carbonyl (C=O) groups excluding carboxylic acids is 2. The minimum Gasteiger partial charge on any atom is -0.484 e. The average molecular weight is 438 g/mol. The van der Waals surface area contributed by atoms with Crippen molar-refractivity contribution in [1.82, 2.24) is 16.2 Å². The highest BCUT2D eigenvalue weighted by Crippen LogP contribution is 2.20. The number of para-hydroxylation sites is 1. The number of benzene rings is 2. The van der Waals surface area contributed by atoms with Gasteiger partial charge in [0.25, 0.3) is 5.91 Å². The molecule has 3 N–H and O–H groups in total. The Morgan fingerprint density at radius 2 is 1.84 bits per heavy atom. The maximum Gasteiger partial charge on any atom is 0.276 e. The molecule has 1 aromatic heterocycles. The van der Waals surface area contributed by atoms with E-state index in [1.807, 2.05) is 54.6 Å². The molecule has 160 valence electrons. The van der Waals surface area contributed by atoms with Crippen LogP contribution in [0.2, 0.25) is 0 Å². The zero-order valence-corrected chi connectivity index (χ0v) is 18.0.